The molecule has 0 aromatic heterocycles. The van der Waals surface area contributed by atoms with Crippen LogP contribution in [0.25, 0.3) is 0 Å². The Kier molecular flexibility index (Phi) is 4.59. The molecule has 0 heterocycles. The lowest BCUT2D eigenvalue weighted by molar-refractivity contribution is -0.117. The van der Waals surface area contributed by atoms with Gasteiger partial charge in [0.05, 0.1) is 0 Å². The Morgan fingerprint density at radius 1 is 1.27 bits per heavy atom. The molecule has 3 saturated carbocycles. The number of aliphatic hydroxyl groups is 1. The number of unbranched alkanes of at least 4 members (excludes halogenated alkanes) is 1. The molecule has 1 N–H and O–H groups in total. The number of allylic oxidation sites excluding steroid dienone is 1. The van der Waals surface area contributed by atoms with Crippen LogP contribution in [0.1, 0.15) is 78.6 Å². The van der Waals surface area contributed by atoms with Gasteiger partial charge < -0.3 is 5.11 Å². The molecule has 0 aromatic carbocycles. The maximum atomic E-state index is 11.9. The van der Waals surface area contributed by atoms with E-state index in [0.29, 0.717) is 35.4 Å². The molecular formula is C24H34O2. The van der Waals surface area contributed by atoms with E-state index in [-0.39, 0.29) is 5.41 Å². The highest BCUT2D eigenvalue weighted by Crippen LogP contribution is 2.65. The van der Waals surface area contributed by atoms with Gasteiger partial charge in [-0.3, -0.25) is 4.79 Å². The fourth-order valence-electron chi connectivity index (χ4n) is 7.15. The van der Waals surface area contributed by atoms with Crippen LogP contribution in [-0.4, -0.2) is 16.5 Å². The normalized spacial score (nSPS) is 47.2. The summed E-state index contributed by atoms with van der Waals surface area (Å²) in [6.45, 7) is 6.86. The van der Waals surface area contributed by atoms with Gasteiger partial charge >= 0.3 is 0 Å². The minimum Gasteiger partial charge on any atom is -0.377 e. The van der Waals surface area contributed by atoms with Gasteiger partial charge in [-0.25, -0.2) is 0 Å². The number of ketones is 1. The van der Waals surface area contributed by atoms with E-state index in [0.717, 1.165) is 51.4 Å². The van der Waals surface area contributed by atoms with Crippen molar-refractivity contribution in [2.24, 2.45) is 35.0 Å². The Morgan fingerprint density at radius 2 is 2.08 bits per heavy atom. The van der Waals surface area contributed by atoms with Crippen LogP contribution in [0.5, 0.6) is 0 Å². The molecule has 0 saturated heterocycles. The van der Waals surface area contributed by atoms with E-state index >= 15 is 0 Å². The zero-order valence-electron chi connectivity index (χ0n) is 16.7. The molecule has 0 bridgehead atoms. The van der Waals surface area contributed by atoms with Crippen LogP contribution < -0.4 is 0 Å². The third kappa shape index (κ3) is 2.62. The van der Waals surface area contributed by atoms with Crippen LogP contribution in [0.15, 0.2) is 11.6 Å². The Bertz CT molecular complexity index is 680. The van der Waals surface area contributed by atoms with Gasteiger partial charge in [-0.2, -0.15) is 0 Å². The molecule has 5 unspecified atom stereocenters. The standard InChI is InChI=1S/C24H34O2/c1-4-5-6-11-24(26)13-10-21-22-16(2)14-17-15-18(25)7-8-19(17)20(22)9-12-23(21,24)3/h15-16,19-22,26H,4-5,7-10,12-14H2,1-3H3/t16?,19?,20?,21?,22?,23-,24-/m0/s1. The van der Waals surface area contributed by atoms with Crippen molar-refractivity contribution in [3.8, 4) is 11.8 Å². The molecule has 142 valence electrons. The Labute approximate surface area is 158 Å². The molecule has 2 heteroatoms. The zero-order chi connectivity index (χ0) is 18.5. The predicted molar refractivity (Wildman–Crippen MR) is 104 cm³/mol. The number of rotatable bonds is 1. The number of hydrogen-bond acceptors (Lipinski definition) is 2. The van der Waals surface area contributed by atoms with Crippen molar-refractivity contribution < 1.29 is 9.90 Å². The van der Waals surface area contributed by atoms with E-state index in [1.807, 2.05) is 6.08 Å². The summed E-state index contributed by atoms with van der Waals surface area (Å²) in [5.74, 6) is 10.1. The molecule has 0 aliphatic heterocycles. The smallest absolute Gasteiger partial charge is 0.155 e. The second-order valence-electron chi connectivity index (χ2n) is 9.77. The third-order valence-electron chi connectivity index (χ3n) is 8.46. The molecule has 7 atom stereocenters. The van der Waals surface area contributed by atoms with E-state index in [1.165, 1.54) is 12.0 Å². The van der Waals surface area contributed by atoms with Crippen molar-refractivity contribution in [2.75, 3.05) is 0 Å². The summed E-state index contributed by atoms with van der Waals surface area (Å²) in [7, 11) is 0. The van der Waals surface area contributed by atoms with Gasteiger partial charge in [-0.05, 0) is 80.6 Å². The van der Waals surface area contributed by atoms with Crippen molar-refractivity contribution in [3.63, 3.8) is 0 Å². The van der Waals surface area contributed by atoms with Gasteiger partial charge in [-0.15, -0.1) is 5.92 Å². The Hall–Kier alpha value is -1.07. The Morgan fingerprint density at radius 3 is 2.85 bits per heavy atom. The molecule has 0 spiro atoms. The summed E-state index contributed by atoms with van der Waals surface area (Å²) in [5.41, 5.74) is 0.583. The van der Waals surface area contributed by atoms with Crippen LogP contribution >= 0.6 is 0 Å². The summed E-state index contributed by atoms with van der Waals surface area (Å²) in [6.07, 6.45) is 11.0. The monoisotopic (exact) mass is 354 g/mol. The average Bonchev–Trinajstić information content (AvgIpc) is 2.86. The maximum absolute atomic E-state index is 11.9. The van der Waals surface area contributed by atoms with Crippen LogP contribution in [0.3, 0.4) is 0 Å². The van der Waals surface area contributed by atoms with Crippen molar-refractivity contribution in [1.82, 2.24) is 0 Å². The number of carbonyl (C=O) groups excluding carboxylic acids is 1. The number of hydrogen-bond donors (Lipinski definition) is 1. The minimum absolute atomic E-state index is 0.0606. The molecule has 4 aliphatic rings. The highest BCUT2D eigenvalue weighted by Gasteiger charge is 2.63. The summed E-state index contributed by atoms with van der Waals surface area (Å²) in [4.78, 5) is 11.9. The van der Waals surface area contributed by atoms with Crippen LogP contribution in [0.4, 0.5) is 0 Å². The highest BCUT2D eigenvalue weighted by molar-refractivity contribution is 5.91. The molecule has 26 heavy (non-hydrogen) atoms. The maximum Gasteiger partial charge on any atom is 0.155 e. The summed E-state index contributed by atoms with van der Waals surface area (Å²) in [6, 6.07) is 0. The van der Waals surface area contributed by atoms with Gasteiger partial charge in [0.15, 0.2) is 5.78 Å². The number of fused-ring (bicyclic) bond motifs is 5. The summed E-state index contributed by atoms with van der Waals surface area (Å²) in [5, 5.41) is 11.5. The molecule has 0 amide bonds. The van der Waals surface area contributed by atoms with E-state index < -0.39 is 5.60 Å². The van der Waals surface area contributed by atoms with Gasteiger partial charge in [0.2, 0.25) is 0 Å². The first-order valence-corrected chi connectivity index (χ1v) is 10.9. The second-order valence-corrected chi connectivity index (χ2v) is 9.77. The highest BCUT2D eigenvalue weighted by atomic mass is 16.3. The van der Waals surface area contributed by atoms with Crippen LogP contribution in [0, 0.1) is 46.8 Å². The molecule has 4 rings (SSSR count). The first-order chi connectivity index (χ1) is 12.4. The van der Waals surface area contributed by atoms with E-state index in [2.05, 4.69) is 32.6 Å². The fourth-order valence-corrected chi connectivity index (χ4v) is 7.15. The fraction of sp³-hybridized carbons (Fsp3) is 0.792. The molecule has 2 nitrogen and oxygen atoms in total. The SMILES string of the molecule is CCCC#C[C@]1(O)CCC2C3C(C)CC4=CC(=O)CCC4C3CC[C@@]21C. The molecule has 3 fully saturated rings. The first kappa shape index (κ1) is 18.3. The van der Waals surface area contributed by atoms with E-state index in [1.54, 1.807) is 0 Å². The Balaban J connectivity index is 1.64. The van der Waals surface area contributed by atoms with Crippen molar-refractivity contribution in [3.05, 3.63) is 11.6 Å². The molecule has 4 aliphatic carbocycles. The second kappa shape index (κ2) is 6.52. The van der Waals surface area contributed by atoms with Crippen molar-refractivity contribution >= 4 is 5.78 Å². The molecule has 0 radical (unpaired) electrons. The van der Waals surface area contributed by atoms with Crippen molar-refractivity contribution in [2.45, 2.75) is 84.2 Å². The zero-order valence-corrected chi connectivity index (χ0v) is 16.7. The molecular weight excluding hydrogens is 320 g/mol. The quantitative estimate of drug-likeness (QED) is 0.679. The average molecular weight is 355 g/mol. The van der Waals surface area contributed by atoms with E-state index in [9.17, 15) is 9.90 Å². The minimum atomic E-state index is -0.795. The van der Waals surface area contributed by atoms with Gasteiger partial charge in [0, 0.05) is 18.3 Å². The lowest BCUT2D eigenvalue weighted by Crippen LogP contribution is -2.54. The van der Waals surface area contributed by atoms with E-state index in [4.69, 9.17) is 0 Å². The summed E-state index contributed by atoms with van der Waals surface area (Å²) < 4.78 is 0. The van der Waals surface area contributed by atoms with Crippen molar-refractivity contribution in [1.29, 1.82) is 0 Å². The number of carbonyl (C=O) groups is 1. The van der Waals surface area contributed by atoms with Gasteiger partial charge in [0.1, 0.15) is 5.60 Å². The third-order valence-corrected chi connectivity index (χ3v) is 8.46. The lowest BCUT2D eigenvalue weighted by Gasteiger charge is -2.56. The largest absolute Gasteiger partial charge is 0.377 e. The topological polar surface area (TPSA) is 37.3 Å². The van der Waals surface area contributed by atoms with Gasteiger partial charge in [-0.1, -0.05) is 32.3 Å². The summed E-state index contributed by atoms with van der Waals surface area (Å²) >= 11 is 0. The van der Waals surface area contributed by atoms with Crippen LogP contribution in [0.2, 0.25) is 0 Å². The van der Waals surface area contributed by atoms with Gasteiger partial charge in [0.25, 0.3) is 0 Å². The first-order valence-electron chi connectivity index (χ1n) is 10.9. The molecule has 0 aromatic rings. The van der Waals surface area contributed by atoms with Crippen LogP contribution in [-0.2, 0) is 4.79 Å². The predicted octanol–water partition coefficient (Wildman–Crippen LogP) is 4.91. The lowest BCUT2D eigenvalue weighted by atomic mass is 9.48.